The van der Waals surface area contributed by atoms with Crippen LogP contribution in [0, 0.1) is 0 Å². The van der Waals surface area contributed by atoms with Gasteiger partial charge in [-0.1, -0.05) is 164 Å². The Labute approximate surface area is 294 Å². The number of rotatable bonds is 3. The SMILES string of the molecule is c1ccc2cc3c(cc2c1)oc1cccc(-c2c4ccccc4c(-c4ccc(-c5cccc6ccccc56)c5ccccc45)c4ccccc24)c13. The molecule has 0 aliphatic heterocycles. The standard InChI is InChI=1S/C50H30O/c1-2-15-33-30-47-45(29-32(33)14-1)50-44(25-12-26-46(50)51-47)49-41-22-9-7-20-39(41)48(40-21-8-10-23-42(40)49)43-28-27-38(36-18-5-6-19-37(36)43)35-24-11-16-31-13-3-4-17-34(31)35/h1-30H. The van der Waals surface area contributed by atoms with E-state index in [0.717, 1.165) is 21.9 Å². The molecule has 0 spiro atoms. The van der Waals surface area contributed by atoms with E-state index in [-0.39, 0.29) is 0 Å². The van der Waals surface area contributed by atoms with Crippen LogP contribution >= 0.6 is 0 Å². The Morgan fingerprint density at radius 1 is 0.255 bits per heavy atom. The van der Waals surface area contributed by atoms with E-state index in [2.05, 4.69) is 182 Å². The normalized spacial score (nSPS) is 11.9. The molecule has 0 unspecified atom stereocenters. The van der Waals surface area contributed by atoms with Gasteiger partial charge in [-0.05, 0) is 105 Å². The minimum absolute atomic E-state index is 0.907. The third-order valence-electron chi connectivity index (χ3n) is 10.8. The average molecular weight is 647 g/mol. The third-order valence-corrected chi connectivity index (χ3v) is 10.8. The first kappa shape index (κ1) is 28.2. The molecule has 0 atom stereocenters. The molecule has 1 heteroatoms. The second-order valence-electron chi connectivity index (χ2n) is 13.6. The molecule has 1 nitrogen and oxygen atoms in total. The summed E-state index contributed by atoms with van der Waals surface area (Å²) in [4.78, 5) is 0. The van der Waals surface area contributed by atoms with Gasteiger partial charge in [-0.2, -0.15) is 0 Å². The van der Waals surface area contributed by atoms with Gasteiger partial charge in [0.05, 0.1) is 0 Å². The topological polar surface area (TPSA) is 13.1 Å². The van der Waals surface area contributed by atoms with Gasteiger partial charge in [0, 0.05) is 10.8 Å². The molecule has 11 rings (SSSR count). The van der Waals surface area contributed by atoms with Crippen molar-refractivity contribution in [1.82, 2.24) is 0 Å². The molecule has 0 aliphatic rings. The number of benzene rings is 10. The second kappa shape index (κ2) is 10.9. The highest BCUT2D eigenvalue weighted by Gasteiger charge is 2.22. The number of hydrogen-bond donors (Lipinski definition) is 0. The van der Waals surface area contributed by atoms with Crippen LogP contribution < -0.4 is 0 Å². The summed E-state index contributed by atoms with van der Waals surface area (Å²) in [5, 5.41) is 14.7. The zero-order valence-corrected chi connectivity index (χ0v) is 27.7. The summed E-state index contributed by atoms with van der Waals surface area (Å²) in [6.07, 6.45) is 0. The lowest BCUT2D eigenvalue weighted by Crippen LogP contribution is -1.93. The fourth-order valence-corrected chi connectivity index (χ4v) is 8.64. The molecule has 0 fully saturated rings. The Kier molecular flexibility index (Phi) is 6.02. The summed E-state index contributed by atoms with van der Waals surface area (Å²) in [6.45, 7) is 0. The van der Waals surface area contributed by atoms with Crippen molar-refractivity contribution in [3.05, 3.63) is 182 Å². The maximum absolute atomic E-state index is 6.56. The summed E-state index contributed by atoms with van der Waals surface area (Å²) in [5.41, 5.74) is 9.27. The van der Waals surface area contributed by atoms with Gasteiger partial charge in [0.15, 0.2) is 0 Å². The first-order chi connectivity index (χ1) is 25.3. The van der Waals surface area contributed by atoms with Gasteiger partial charge in [-0.3, -0.25) is 0 Å². The van der Waals surface area contributed by atoms with Crippen molar-refractivity contribution in [3.63, 3.8) is 0 Å². The maximum atomic E-state index is 6.56. The molecule has 11 aromatic rings. The molecule has 1 aromatic heterocycles. The highest BCUT2D eigenvalue weighted by Crippen LogP contribution is 2.49. The second-order valence-corrected chi connectivity index (χ2v) is 13.6. The van der Waals surface area contributed by atoms with E-state index < -0.39 is 0 Å². The minimum atomic E-state index is 0.907. The predicted octanol–water partition coefficient (Wildman–Crippen LogP) is 14.4. The van der Waals surface area contributed by atoms with E-state index in [1.807, 2.05) is 0 Å². The van der Waals surface area contributed by atoms with Crippen molar-refractivity contribution in [3.8, 4) is 33.4 Å². The van der Waals surface area contributed by atoms with Gasteiger partial charge in [0.1, 0.15) is 11.2 Å². The van der Waals surface area contributed by atoms with Crippen molar-refractivity contribution >= 4 is 75.8 Å². The average Bonchev–Trinajstić information content (AvgIpc) is 3.56. The highest BCUT2D eigenvalue weighted by atomic mass is 16.3. The molecule has 0 saturated carbocycles. The smallest absolute Gasteiger partial charge is 0.136 e. The summed E-state index contributed by atoms with van der Waals surface area (Å²) in [7, 11) is 0. The molecule has 0 amide bonds. The van der Waals surface area contributed by atoms with Crippen molar-refractivity contribution in [1.29, 1.82) is 0 Å². The van der Waals surface area contributed by atoms with E-state index in [9.17, 15) is 0 Å². The van der Waals surface area contributed by atoms with Gasteiger partial charge in [-0.15, -0.1) is 0 Å². The van der Waals surface area contributed by atoms with Crippen LogP contribution in [-0.2, 0) is 0 Å². The van der Waals surface area contributed by atoms with Crippen LogP contribution in [0.5, 0.6) is 0 Å². The Hall–Kier alpha value is -6.70. The molecule has 236 valence electrons. The third kappa shape index (κ3) is 4.16. The van der Waals surface area contributed by atoms with E-state index in [0.29, 0.717) is 0 Å². The lowest BCUT2D eigenvalue weighted by atomic mass is 9.83. The van der Waals surface area contributed by atoms with Crippen molar-refractivity contribution in [2.24, 2.45) is 0 Å². The summed E-state index contributed by atoms with van der Waals surface area (Å²) < 4.78 is 6.56. The first-order valence-electron chi connectivity index (χ1n) is 17.6. The zero-order valence-electron chi connectivity index (χ0n) is 27.7. The Balaban J connectivity index is 1.23. The highest BCUT2D eigenvalue weighted by molar-refractivity contribution is 6.28. The van der Waals surface area contributed by atoms with Crippen LogP contribution in [0.4, 0.5) is 0 Å². The summed E-state index contributed by atoms with van der Waals surface area (Å²) in [5.74, 6) is 0. The van der Waals surface area contributed by atoms with E-state index in [1.54, 1.807) is 0 Å². The van der Waals surface area contributed by atoms with Crippen LogP contribution in [0.1, 0.15) is 0 Å². The molecule has 0 saturated heterocycles. The van der Waals surface area contributed by atoms with Gasteiger partial charge in [-0.25, -0.2) is 0 Å². The van der Waals surface area contributed by atoms with Crippen LogP contribution in [0.3, 0.4) is 0 Å². The molecule has 10 aromatic carbocycles. The largest absolute Gasteiger partial charge is 0.456 e. The molecule has 0 aliphatic carbocycles. The first-order valence-corrected chi connectivity index (χ1v) is 17.6. The molecule has 1 heterocycles. The van der Waals surface area contributed by atoms with Gasteiger partial charge >= 0.3 is 0 Å². The van der Waals surface area contributed by atoms with E-state index in [1.165, 1.54) is 87.2 Å². The summed E-state index contributed by atoms with van der Waals surface area (Å²) >= 11 is 0. The molecule has 0 N–H and O–H groups in total. The zero-order chi connectivity index (χ0) is 33.5. The van der Waals surface area contributed by atoms with Crippen molar-refractivity contribution < 1.29 is 4.42 Å². The predicted molar refractivity (Wildman–Crippen MR) is 218 cm³/mol. The maximum Gasteiger partial charge on any atom is 0.136 e. The quantitative estimate of drug-likeness (QED) is 0.174. The van der Waals surface area contributed by atoms with E-state index >= 15 is 0 Å². The Morgan fingerprint density at radius 2 is 0.706 bits per heavy atom. The molecule has 0 radical (unpaired) electrons. The number of hydrogen-bond acceptors (Lipinski definition) is 1. The lowest BCUT2D eigenvalue weighted by molar-refractivity contribution is 0.669. The summed E-state index contributed by atoms with van der Waals surface area (Å²) in [6, 6.07) is 66.3. The number of fused-ring (bicyclic) bond motifs is 8. The van der Waals surface area contributed by atoms with Crippen LogP contribution in [0.25, 0.3) is 109 Å². The molecular weight excluding hydrogens is 617 g/mol. The Morgan fingerprint density at radius 3 is 1.39 bits per heavy atom. The van der Waals surface area contributed by atoms with Crippen LogP contribution in [0.15, 0.2) is 186 Å². The van der Waals surface area contributed by atoms with E-state index in [4.69, 9.17) is 4.42 Å². The minimum Gasteiger partial charge on any atom is -0.456 e. The Bertz CT molecular complexity index is 3130. The van der Waals surface area contributed by atoms with Crippen LogP contribution in [0.2, 0.25) is 0 Å². The fraction of sp³-hybridized carbons (Fsp3) is 0. The van der Waals surface area contributed by atoms with Crippen molar-refractivity contribution in [2.45, 2.75) is 0 Å². The lowest BCUT2D eigenvalue weighted by Gasteiger charge is -2.20. The van der Waals surface area contributed by atoms with Crippen LogP contribution in [-0.4, -0.2) is 0 Å². The number of furan rings is 1. The van der Waals surface area contributed by atoms with Gasteiger partial charge < -0.3 is 4.42 Å². The fourth-order valence-electron chi connectivity index (χ4n) is 8.64. The molecular formula is C50H30O. The van der Waals surface area contributed by atoms with Crippen molar-refractivity contribution in [2.75, 3.05) is 0 Å². The molecule has 0 bridgehead atoms. The van der Waals surface area contributed by atoms with Gasteiger partial charge in [0.25, 0.3) is 0 Å². The monoisotopic (exact) mass is 646 g/mol. The van der Waals surface area contributed by atoms with Gasteiger partial charge in [0.2, 0.25) is 0 Å². The molecule has 51 heavy (non-hydrogen) atoms.